The summed E-state index contributed by atoms with van der Waals surface area (Å²) in [5.74, 6) is -0.0230. The Morgan fingerprint density at radius 1 is 0.930 bits per heavy atom. The minimum atomic E-state index is -3.66. The second kappa shape index (κ2) is 16.9. The van der Waals surface area contributed by atoms with Crippen molar-refractivity contribution in [3.63, 3.8) is 0 Å². The second-order valence-corrected chi connectivity index (χ2v) is 12.7. The first-order chi connectivity index (χ1) is 20.6. The smallest absolute Gasteiger partial charge is 0.243 e. The van der Waals surface area contributed by atoms with Gasteiger partial charge in [-0.05, 0) is 55.2 Å². The van der Waals surface area contributed by atoms with Crippen LogP contribution in [0.15, 0.2) is 78.9 Å². The van der Waals surface area contributed by atoms with Crippen molar-refractivity contribution in [1.82, 2.24) is 10.2 Å². The maximum absolute atomic E-state index is 14.0. The van der Waals surface area contributed by atoms with Crippen LogP contribution in [0.2, 0.25) is 5.02 Å². The van der Waals surface area contributed by atoms with Gasteiger partial charge in [0.2, 0.25) is 21.8 Å². The van der Waals surface area contributed by atoms with Gasteiger partial charge < -0.3 is 15.0 Å². The third kappa shape index (κ3) is 10.6. The second-order valence-electron chi connectivity index (χ2n) is 10.3. The molecule has 0 aliphatic carbocycles. The first kappa shape index (κ1) is 33.9. The van der Waals surface area contributed by atoms with E-state index in [-0.39, 0.29) is 37.7 Å². The molecule has 0 saturated heterocycles. The van der Waals surface area contributed by atoms with Crippen LogP contribution in [0.3, 0.4) is 0 Å². The zero-order valence-electron chi connectivity index (χ0n) is 25.2. The molecule has 3 aromatic carbocycles. The average molecular weight is 628 g/mol. The molecule has 0 aromatic heterocycles. The van der Waals surface area contributed by atoms with E-state index in [4.69, 9.17) is 16.3 Å². The lowest BCUT2D eigenvalue weighted by Gasteiger charge is -2.32. The highest BCUT2D eigenvalue weighted by molar-refractivity contribution is 7.92. The number of anilines is 1. The lowest BCUT2D eigenvalue weighted by atomic mass is 10.0. The molecule has 3 rings (SSSR count). The van der Waals surface area contributed by atoms with Gasteiger partial charge in [-0.1, -0.05) is 79.5 Å². The number of carbonyl (C=O) groups is 2. The number of hydrogen-bond donors (Lipinski definition) is 1. The van der Waals surface area contributed by atoms with Crippen LogP contribution in [0.4, 0.5) is 5.69 Å². The molecule has 0 heterocycles. The van der Waals surface area contributed by atoms with Crippen molar-refractivity contribution in [2.45, 2.75) is 58.5 Å². The molecule has 0 spiro atoms. The minimum absolute atomic E-state index is 0.0386. The fourth-order valence-corrected chi connectivity index (χ4v) is 6.00. The third-order valence-corrected chi connectivity index (χ3v) is 8.34. The van der Waals surface area contributed by atoms with E-state index in [9.17, 15) is 18.0 Å². The average Bonchev–Trinajstić information content (AvgIpc) is 2.97. The summed E-state index contributed by atoms with van der Waals surface area (Å²) in [7, 11) is -3.66. The molecule has 2 amide bonds. The van der Waals surface area contributed by atoms with Crippen LogP contribution >= 0.6 is 11.6 Å². The van der Waals surface area contributed by atoms with Gasteiger partial charge in [-0.25, -0.2) is 8.42 Å². The molecule has 10 heteroatoms. The Balaban J connectivity index is 1.89. The Labute approximate surface area is 261 Å². The van der Waals surface area contributed by atoms with Gasteiger partial charge in [-0.3, -0.25) is 13.9 Å². The van der Waals surface area contributed by atoms with Gasteiger partial charge >= 0.3 is 0 Å². The number of amides is 2. The van der Waals surface area contributed by atoms with Crippen LogP contribution in [0.25, 0.3) is 0 Å². The van der Waals surface area contributed by atoms with E-state index < -0.39 is 16.1 Å². The molecule has 0 unspecified atom stereocenters. The number of benzene rings is 3. The highest BCUT2D eigenvalue weighted by Gasteiger charge is 2.30. The molecule has 0 aliphatic rings. The lowest BCUT2D eigenvalue weighted by Crippen LogP contribution is -2.50. The summed E-state index contributed by atoms with van der Waals surface area (Å²) in [5, 5.41) is 3.55. The van der Waals surface area contributed by atoms with Crippen molar-refractivity contribution in [3.8, 4) is 5.75 Å². The number of ether oxygens (including phenoxy) is 1. The van der Waals surface area contributed by atoms with Gasteiger partial charge in [0.05, 0.1) is 18.6 Å². The van der Waals surface area contributed by atoms with Gasteiger partial charge in [0, 0.05) is 37.5 Å². The van der Waals surface area contributed by atoms with Crippen LogP contribution in [-0.2, 0) is 32.6 Å². The number of nitrogens with one attached hydrogen (secondary N) is 1. The van der Waals surface area contributed by atoms with Gasteiger partial charge in [0.1, 0.15) is 11.8 Å². The Morgan fingerprint density at radius 3 is 2.30 bits per heavy atom. The highest BCUT2D eigenvalue weighted by atomic mass is 35.5. The van der Waals surface area contributed by atoms with E-state index in [0.717, 1.165) is 30.2 Å². The van der Waals surface area contributed by atoms with Crippen molar-refractivity contribution in [1.29, 1.82) is 0 Å². The molecular weight excluding hydrogens is 586 g/mol. The summed E-state index contributed by atoms with van der Waals surface area (Å²) in [6.45, 7) is 5.04. The molecule has 43 heavy (non-hydrogen) atoms. The van der Waals surface area contributed by atoms with Crippen molar-refractivity contribution in [2.24, 2.45) is 0 Å². The van der Waals surface area contributed by atoms with E-state index in [1.54, 1.807) is 41.3 Å². The van der Waals surface area contributed by atoms with Crippen LogP contribution in [0.5, 0.6) is 5.75 Å². The van der Waals surface area contributed by atoms with Crippen LogP contribution < -0.4 is 14.4 Å². The first-order valence-corrected chi connectivity index (χ1v) is 16.9. The molecule has 232 valence electrons. The highest BCUT2D eigenvalue weighted by Crippen LogP contribution is 2.30. The van der Waals surface area contributed by atoms with E-state index in [0.29, 0.717) is 36.0 Å². The number of hydrogen-bond acceptors (Lipinski definition) is 5. The molecular formula is C33H42ClN3O5S. The summed E-state index contributed by atoms with van der Waals surface area (Å²) in [6, 6.07) is 23.0. The summed E-state index contributed by atoms with van der Waals surface area (Å²) in [6.07, 6.45) is 3.52. The Kier molecular flexibility index (Phi) is 13.3. The number of unbranched alkanes of at least 4 members (excludes halogenated alkanes) is 1. The standard InChI is InChI=1S/C33H42ClN3O5S/c1-4-6-21-35-33(39)30(24-26-14-8-7-9-15-26)36(25-27-16-12-17-28(34)23-27)32(38)20-13-22-37(43(3,40)41)29-18-10-11-19-31(29)42-5-2/h7-12,14-19,23,30H,4-6,13,20-22,24-25H2,1-3H3,(H,35,39)/t30-/m0/s1. The SMILES string of the molecule is CCCCNC(=O)[C@H](Cc1ccccc1)N(Cc1cccc(Cl)c1)C(=O)CCCN(c1ccccc1OCC)S(C)(=O)=O. The minimum Gasteiger partial charge on any atom is -0.492 e. The fraction of sp³-hybridized carbons (Fsp3) is 0.394. The Morgan fingerprint density at radius 2 is 1.63 bits per heavy atom. The normalized spacial score (nSPS) is 11.9. The predicted octanol–water partition coefficient (Wildman–Crippen LogP) is 5.84. The summed E-state index contributed by atoms with van der Waals surface area (Å²) in [5.41, 5.74) is 2.15. The summed E-state index contributed by atoms with van der Waals surface area (Å²) in [4.78, 5) is 29.1. The molecule has 0 radical (unpaired) electrons. The lowest BCUT2D eigenvalue weighted by molar-refractivity contribution is -0.141. The number of halogens is 1. The van der Waals surface area contributed by atoms with Crippen molar-refractivity contribution in [3.05, 3.63) is 95.0 Å². The number of rotatable bonds is 17. The molecule has 1 N–H and O–H groups in total. The van der Waals surface area contributed by atoms with Gasteiger partial charge in [-0.2, -0.15) is 0 Å². The van der Waals surface area contributed by atoms with Crippen LogP contribution in [-0.4, -0.2) is 57.1 Å². The third-order valence-electron chi connectivity index (χ3n) is 6.93. The van der Waals surface area contributed by atoms with Gasteiger partial charge in [0.15, 0.2) is 0 Å². The predicted molar refractivity (Wildman–Crippen MR) is 173 cm³/mol. The van der Waals surface area contributed by atoms with Crippen LogP contribution in [0.1, 0.15) is 50.7 Å². The van der Waals surface area contributed by atoms with E-state index >= 15 is 0 Å². The zero-order chi connectivity index (χ0) is 31.2. The molecule has 0 bridgehead atoms. The Hall–Kier alpha value is -3.56. The number of para-hydroxylation sites is 2. The van der Waals surface area contributed by atoms with E-state index in [1.165, 1.54) is 4.31 Å². The quantitative estimate of drug-likeness (QED) is 0.190. The molecule has 8 nitrogen and oxygen atoms in total. The van der Waals surface area contributed by atoms with E-state index in [2.05, 4.69) is 12.2 Å². The van der Waals surface area contributed by atoms with Crippen molar-refractivity contribution < 1.29 is 22.7 Å². The molecule has 0 saturated carbocycles. The maximum atomic E-state index is 14.0. The molecule has 0 aliphatic heterocycles. The first-order valence-electron chi connectivity index (χ1n) is 14.7. The van der Waals surface area contributed by atoms with Gasteiger partial charge in [-0.15, -0.1) is 0 Å². The Bertz CT molecular complexity index is 1440. The number of carbonyl (C=O) groups excluding carboxylic acids is 2. The van der Waals surface area contributed by atoms with E-state index in [1.807, 2.05) is 49.4 Å². The van der Waals surface area contributed by atoms with Crippen molar-refractivity contribution in [2.75, 3.05) is 30.3 Å². The van der Waals surface area contributed by atoms with Crippen molar-refractivity contribution >= 4 is 39.1 Å². The van der Waals surface area contributed by atoms with Crippen LogP contribution in [0, 0.1) is 0 Å². The monoisotopic (exact) mass is 627 g/mol. The summed E-state index contributed by atoms with van der Waals surface area (Å²) >= 11 is 6.26. The molecule has 3 aromatic rings. The molecule has 1 atom stereocenters. The summed E-state index contributed by atoms with van der Waals surface area (Å²) < 4.78 is 32.6. The van der Waals surface area contributed by atoms with Gasteiger partial charge in [0.25, 0.3) is 0 Å². The zero-order valence-corrected chi connectivity index (χ0v) is 26.7. The topological polar surface area (TPSA) is 96.0 Å². The fourth-order valence-electron chi connectivity index (χ4n) is 4.82. The largest absolute Gasteiger partial charge is 0.492 e. The molecule has 0 fully saturated rings. The number of sulfonamides is 1. The maximum Gasteiger partial charge on any atom is 0.243 e. The number of nitrogens with zero attached hydrogens (tertiary/aromatic N) is 2.